The largest absolute Gasteiger partial charge is 0.394 e. The second-order valence-electron chi connectivity index (χ2n) is 8.79. The first kappa shape index (κ1) is 27.0. The molecule has 0 radical (unpaired) electrons. The molecule has 3 aliphatic rings. The first-order valence-corrected chi connectivity index (χ1v) is 10.3. The Labute approximate surface area is 187 Å². The minimum absolute atomic E-state index is 0.625. The zero-order valence-electron chi connectivity index (χ0n) is 17.5. The molecule has 12 atom stereocenters. The third-order valence-corrected chi connectivity index (χ3v) is 7.25. The van der Waals surface area contributed by atoms with Crippen molar-refractivity contribution < 1.29 is 75.5 Å². The summed E-state index contributed by atoms with van der Waals surface area (Å²) in [5.74, 6) is 0. The summed E-state index contributed by atoms with van der Waals surface area (Å²) in [4.78, 5) is 0. The molecule has 0 bridgehead atoms. The molecule has 3 aliphatic heterocycles. The first-order valence-electron chi connectivity index (χ1n) is 10.3. The van der Waals surface area contributed by atoms with E-state index in [2.05, 4.69) is 0 Å². The van der Waals surface area contributed by atoms with Gasteiger partial charge in [0.25, 0.3) is 0 Å². The molecule has 0 saturated carbocycles. The zero-order chi connectivity index (χ0) is 25.0. The molecular formula is C18H32O15. The summed E-state index contributed by atoms with van der Waals surface area (Å²) in [6.07, 6.45) is -16.9. The van der Waals surface area contributed by atoms with E-state index in [-0.39, 0.29) is 0 Å². The Morgan fingerprint density at radius 3 is 1.52 bits per heavy atom. The molecule has 0 aromatic heterocycles. The highest BCUT2D eigenvalue weighted by Crippen LogP contribution is 2.53. The molecule has 0 aromatic carbocycles. The van der Waals surface area contributed by atoms with E-state index >= 15 is 0 Å². The van der Waals surface area contributed by atoms with Gasteiger partial charge in [-0.15, -0.1) is 0 Å². The molecule has 3 saturated heterocycles. The van der Waals surface area contributed by atoms with Crippen LogP contribution in [0.1, 0.15) is 0 Å². The summed E-state index contributed by atoms with van der Waals surface area (Å²) in [6, 6.07) is 0. The molecule has 3 rings (SSSR count). The molecule has 0 unspecified atom stereocenters. The van der Waals surface area contributed by atoms with Gasteiger partial charge >= 0.3 is 0 Å². The van der Waals surface area contributed by atoms with Crippen molar-refractivity contribution in [3.63, 3.8) is 0 Å². The molecule has 3 heterocycles. The number of aliphatic hydroxyl groups is 12. The summed E-state index contributed by atoms with van der Waals surface area (Å²) in [7, 11) is 0. The van der Waals surface area contributed by atoms with Crippen LogP contribution in [0.5, 0.6) is 0 Å². The average Bonchev–Trinajstić information content (AvgIpc) is 2.79. The van der Waals surface area contributed by atoms with E-state index in [0.717, 1.165) is 0 Å². The van der Waals surface area contributed by atoms with Crippen molar-refractivity contribution in [2.24, 2.45) is 0 Å². The van der Waals surface area contributed by atoms with Gasteiger partial charge in [0.05, 0.1) is 39.6 Å². The fraction of sp³-hybridized carbons (Fsp3) is 1.00. The van der Waals surface area contributed by atoms with E-state index in [1.807, 2.05) is 0 Å². The van der Waals surface area contributed by atoms with Gasteiger partial charge in [0, 0.05) is 0 Å². The third kappa shape index (κ3) is 3.32. The fourth-order valence-corrected chi connectivity index (χ4v) is 5.28. The van der Waals surface area contributed by atoms with E-state index in [9.17, 15) is 61.3 Å². The van der Waals surface area contributed by atoms with E-state index in [0.29, 0.717) is 0 Å². The van der Waals surface area contributed by atoms with Crippen LogP contribution in [0.15, 0.2) is 0 Å². The summed E-state index contributed by atoms with van der Waals surface area (Å²) >= 11 is 0. The maximum Gasteiger partial charge on any atom is 0.161 e. The monoisotopic (exact) mass is 488 g/mol. The van der Waals surface area contributed by atoms with E-state index in [1.54, 1.807) is 0 Å². The predicted molar refractivity (Wildman–Crippen MR) is 100 cm³/mol. The summed E-state index contributed by atoms with van der Waals surface area (Å²) in [5.41, 5.74) is -13.8. The Morgan fingerprint density at radius 1 is 0.606 bits per heavy atom. The number of hydrogen-bond acceptors (Lipinski definition) is 15. The molecule has 0 amide bonds. The van der Waals surface area contributed by atoms with Crippen LogP contribution in [0.3, 0.4) is 0 Å². The van der Waals surface area contributed by atoms with Gasteiger partial charge in [0.2, 0.25) is 0 Å². The lowest BCUT2D eigenvalue weighted by molar-refractivity contribution is -0.436. The highest BCUT2D eigenvalue weighted by atomic mass is 16.6. The van der Waals surface area contributed by atoms with Crippen molar-refractivity contribution in [2.45, 2.75) is 71.2 Å². The van der Waals surface area contributed by atoms with Crippen molar-refractivity contribution in [1.82, 2.24) is 0 Å². The van der Waals surface area contributed by atoms with Crippen molar-refractivity contribution in [1.29, 1.82) is 0 Å². The predicted octanol–water partition coefficient (Wildman–Crippen LogP) is -8.11. The lowest BCUT2D eigenvalue weighted by Gasteiger charge is -2.66. The Kier molecular flexibility index (Phi) is 7.46. The maximum atomic E-state index is 11.9. The molecule has 12 N–H and O–H groups in total. The standard InChI is InChI=1S/C18H32O15/c19-1-9-14(26)18(30,17(29)11(3-21)32-5-8(23)13(17)25)15(27,6-33-9)16(28)10(2-20)31-4-7(22)12(16)24/h7-14,19-30H,1-6H2/t7-,8-,9+,10+,11+,12+,13+,14+,15+,16-,17-,18-/m0/s1. The highest BCUT2D eigenvalue weighted by Gasteiger charge is 2.82. The molecule has 0 aromatic rings. The normalized spacial score (nSPS) is 56.0. The van der Waals surface area contributed by atoms with Crippen molar-refractivity contribution >= 4 is 0 Å². The molecule has 33 heavy (non-hydrogen) atoms. The van der Waals surface area contributed by atoms with E-state index in [1.165, 1.54) is 0 Å². The van der Waals surface area contributed by atoms with Crippen LogP contribution in [0.25, 0.3) is 0 Å². The SMILES string of the molecule is OC[C@H]1OC[C@@](O)([C@@]2(O)[C@H](O)[C@@H](O)CO[C@@H]2CO)[C@](O)([C@@]2(O)[C@H](O)[C@@H](O)CO[C@@H]2CO)[C@@H]1O. The first-order chi connectivity index (χ1) is 15.3. The molecule has 15 heteroatoms. The number of ether oxygens (including phenoxy) is 3. The summed E-state index contributed by atoms with van der Waals surface area (Å²) in [6.45, 7) is -5.80. The summed E-state index contributed by atoms with van der Waals surface area (Å²) in [5, 5.41) is 128. The van der Waals surface area contributed by atoms with E-state index < -0.39 is 111 Å². The van der Waals surface area contributed by atoms with Crippen LogP contribution in [0, 0.1) is 0 Å². The van der Waals surface area contributed by atoms with Crippen LogP contribution in [-0.2, 0) is 14.2 Å². The lowest BCUT2D eigenvalue weighted by Crippen LogP contribution is -2.93. The fourth-order valence-electron chi connectivity index (χ4n) is 5.28. The number of aliphatic hydroxyl groups excluding tert-OH is 8. The van der Waals surface area contributed by atoms with Gasteiger partial charge in [-0.05, 0) is 0 Å². The van der Waals surface area contributed by atoms with Crippen LogP contribution in [-0.4, -0.2) is 172 Å². The van der Waals surface area contributed by atoms with Gasteiger partial charge in [0.1, 0.15) is 48.8 Å². The van der Waals surface area contributed by atoms with Gasteiger partial charge < -0.3 is 75.5 Å². The van der Waals surface area contributed by atoms with Crippen LogP contribution >= 0.6 is 0 Å². The minimum atomic E-state index is -3.66. The second-order valence-corrected chi connectivity index (χ2v) is 8.79. The maximum absolute atomic E-state index is 11.9. The molecule has 3 fully saturated rings. The van der Waals surface area contributed by atoms with Crippen molar-refractivity contribution in [3.8, 4) is 0 Å². The van der Waals surface area contributed by atoms with Crippen molar-refractivity contribution in [2.75, 3.05) is 39.6 Å². The van der Waals surface area contributed by atoms with Crippen molar-refractivity contribution in [3.05, 3.63) is 0 Å². The lowest BCUT2D eigenvalue weighted by atomic mass is 9.53. The smallest absolute Gasteiger partial charge is 0.161 e. The average molecular weight is 488 g/mol. The van der Waals surface area contributed by atoms with Gasteiger partial charge in [-0.2, -0.15) is 0 Å². The molecule has 0 aliphatic carbocycles. The summed E-state index contributed by atoms with van der Waals surface area (Å²) < 4.78 is 15.4. The molecule has 194 valence electrons. The van der Waals surface area contributed by atoms with Gasteiger partial charge in [-0.1, -0.05) is 0 Å². The van der Waals surface area contributed by atoms with Crippen LogP contribution in [0.4, 0.5) is 0 Å². The molecule has 15 nitrogen and oxygen atoms in total. The van der Waals surface area contributed by atoms with Gasteiger partial charge in [0.15, 0.2) is 22.4 Å². The number of hydrogen-bond donors (Lipinski definition) is 12. The van der Waals surface area contributed by atoms with E-state index in [4.69, 9.17) is 14.2 Å². The molecular weight excluding hydrogens is 456 g/mol. The molecule has 0 spiro atoms. The Hall–Kier alpha value is -0.600. The Morgan fingerprint density at radius 2 is 1.06 bits per heavy atom. The third-order valence-electron chi connectivity index (χ3n) is 7.25. The quantitative estimate of drug-likeness (QED) is 0.171. The minimum Gasteiger partial charge on any atom is -0.394 e. The Bertz CT molecular complexity index is 690. The highest BCUT2D eigenvalue weighted by molar-refractivity contribution is 5.31. The topological polar surface area (TPSA) is 270 Å². The number of rotatable bonds is 5. The van der Waals surface area contributed by atoms with Gasteiger partial charge in [-0.3, -0.25) is 0 Å². The van der Waals surface area contributed by atoms with Gasteiger partial charge in [-0.25, -0.2) is 0 Å². The van der Waals surface area contributed by atoms with Crippen LogP contribution < -0.4 is 0 Å². The Balaban J connectivity index is 2.31. The second kappa shape index (κ2) is 9.12. The zero-order valence-corrected chi connectivity index (χ0v) is 17.5. The van der Waals surface area contributed by atoms with Crippen LogP contribution in [0.2, 0.25) is 0 Å².